The standard InChI is InChI=1S/C29H34F2N6O3/c1-19-27(33-22-16-23(18-32-17-22)35-8-12-40-13-9-35)26-24(31)14-21(30)15-25(26)34-28(19)36-4-6-37(7-5-36)29(38)20-2-10-39-11-3-20/h14-18,20H,2-13H2,1H3,(H,33,34). The Morgan fingerprint density at radius 1 is 0.925 bits per heavy atom. The predicted molar refractivity (Wildman–Crippen MR) is 149 cm³/mol. The molecule has 212 valence electrons. The number of morpholine rings is 1. The summed E-state index contributed by atoms with van der Waals surface area (Å²) in [5.41, 5.74) is 3.15. The number of carbonyl (C=O) groups is 1. The summed E-state index contributed by atoms with van der Waals surface area (Å²) in [5, 5.41) is 3.61. The number of piperazine rings is 1. The lowest BCUT2D eigenvalue weighted by Crippen LogP contribution is -2.51. The van der Waals surface area contributed by atoms with Crippen LogP contribution in [-0.2, 0) is 14.3 Å². The molecule has 0 atom stereocenters. The number of ether oxygens (including phenoxy) is 2. The Kier molecular flexibility index (Phi) is 7.66. The maximum atomic E-state index is 15.2. The highest BCUT2D eigenvalue weighted by molar-refractivity contribution is 5.98. The third-order valence-electron chi connectivity index (χ3n) is 8.05. The molecule has 1 aromatic carbocycles. The zero-order valence-electron chi connectivity index (χ0n) is 22.7. The molecule has 0 radical (unpaired) electrons. The zero-order valence-corrected chi connectivity index (χ0v) is 22.7. The van der Waals surface area contributed by atoms with E-state index in [2.05, 4.69) is 20.1 Å². The van der Waals surface area contributed by atoms with E-state index >= 15 is 4.39 Å². The van der Waals surface area contributed by atoms with Gasteiger partial charge in [-0.05, 0) is 25.8 Å². The first-order chi connectivity index (χ1) is 19.5. The van der Waals surface area contributed by atoms with E-state index in [0.29, 0.717) is 69.8 Å². The van der Waals surface area contributed by atoms with E-state index in [4.69, 9.17) is 14.5 Å². The maximum absolute atomic E-state index is 15.2. The summed E-state index contributed by atoms with van der Waals surface area (Å²) in [4.78, 5) is 28.4. The second-order valence-electron chi connectivity index (χ2n) is 10.6. The molecule has 3 saturated heterocycles. The fourth-order valence-electron chi connectivity index (χ4n) is 5.83. The molecular formula is C29H34F2N6O3. The number of hydrogen-bond donors (Lipinski definition) is 1. The summed E-state index contributed by atoms with van der Waals surface area (Å²) < 4.78 is 40.4. The molecule has 11 heteroatoms. The van der Waals surface area contributed by atoms with E-state index in [0.717, 1.165) is 43.2 Å². The number of nitrogens with zero attached hydrogens (tertiary/aromatic N) is 5. The van der Waals surface area contributed by atoms with E-state index in [1.807, 2.05) is 17.9 Å². The average Bonchev–Trinajstić information content (AvgIpc) is 2.99. The van der Waals surface area contributed by atoms with Gasteiger partial charge in [-0.25, -0.2) is 13.8 Å². The number of anilines is 4. The number of nitrogens with one attached hydrogen (secondary N) is 1. The number of rotatable bonds is 5. The van der Waals surface area contributed by atoms with Crippen molar-refractivity contribution in [2.24, 2.45) is 5.92 Å². The molecule has 0 saturated carbocycles. The van der Waals surface area contributed by atoms with Crippen LogP contribution in [0.5, 0.6) is 0 Å². The smallest absolute Gasteiger partial charge is 0.225 e. The molecule has 0 aliphatic carbocycles. The molecule has 1 amide bonds. The highest BCUT2D eigenvalue weighted by Gasteiger charge is 2.30. The Hall–Kier alpha value is -3.57. The average molecular weight is 553 g/mol. The van der Waals surface area contributed by atoms with Crippen LogP contribution in [0, 0.1) is 24.5 Å². The van der Waals surface area contributed by atoms with Gasteiger partial charge in [-0.3, -0.25) is 9.78 Å². The van der Waals surface area contributed by atoms with Crippen molar-refractivity contribution < 1.29 is 23.0 Å². The van der Waals surface area contributed by atoms with Gasteiger partial charge in [-0.2, -0.15) is 0 Å². The first-order valence-corrected chi connectivity index (χ1v) is 13.9. The van der Waals surface area contributed by atoms with Crippen LogP contribution in [-0.4, -0.2) is 86.5 Å². The van der Waals surface area contributed by atoms with E-state index in [1.54, 1.807) is 12.4 Å². The van der Waals surface area contributed by atoms with Gasteiger partial charge in [-0.15, -0.1) is 0 Å². The van der Waals surface area contributed by atoms with Crippen LogP contribution in [0.3, 0.4) is 0 Å². The number of pyridine rings is 2. The number of amides is 1. The first-order valence-electron chi connectivity index (χ1n) is 13.9. The summed E-state index contributed by atoms with van der Waals surface area (Å²) in [7, 11) is 0. The van der Waals surface area contributed by atoms with Crippen molar-refractivity contribution in [3.63, 3.8) is 0 Å². The molecule has 3 aliphatic heterocycles. The van der Waals surface area contributed by atoms with Crippen LogP contribution < -0.4 is 15.1 Å². The second-order valence-corrected chi connectivity index (χ2v) is 10.6. The zero-order chi connectivity index (χ0) is 27.6. The van der Waals surface area contributed by atoms with E-state index in [9.17, 15) is 9.18 Å². The van der Waals surface area contributed by atoms with Crippen molar-refractivity contribution >= 4 is 39.7 Å². The lowest BCUT2D eigenvalue weighted by Gasteiger charge is -2.38. The van der Waals surface area contributed by atoms with E-state index in [-0.39, 0.29) is 22.7 Å². The number of carbonyl (C=O) groups excluding carboxylic acids is 1. The van der Waals surface area contributed by atoms with Gasteiger partial charge in [0.2, 0.25) is 5.91 Å². The second kappa shape index (κ2) is 11.5. The number of halogens is 2. The highest BCUT2D eigenvalue weighted by atomic mass is 19.1. The summed E-state index contributed by atoms with van der Waals surface area (Å²) >= 11 is 0. The van der Waals surface area contributed by atoms with Crippen LogP contribution in [0.2, 0.25) is 0 Å². The lowest BCUT2D eigenvalue weighted by atomic mass is 9.98. The van der Waals surface area contributed by atoms with Crippen LogP contribution in [0.4, 0.5) is 31.7 Å². The van der Waals surface area contributed by atoms with Crippen molar-refractivity contribution in [3.8, 4) is 0 Å². The SMILES string of the molecule is Cc1c(N2CCN(C(=O)C3CCOCC3)CC2)nc2cc(F)cc(F)c2c1Nc1cncc(N2CCOCC2)c1. The molecule has 0 unspecified atom stereocenters. The molecule has 6 rings (SSSR count). The number of fused-ring (bicyclic) bond motifs is 1. The Labute approximate surface area is 232 Å². The molecule has 9 nitrogen and oxygen atoms in total. The Balaban J connectivity index is 1.29. The summed E-state index contributed by atoms with van der Waals surface area (Å²) in [6.45, 7) is 8.30. The number of hydrogen-bond acceptors (Lipinski definition) is 8. The largest absolute Gasteiger partial charge is 0.381 e. The van der Waals surface area contributed by atoms with E-state index < -0.39 is 11.6 Å². The molecule has 3 aliphatic rings. The minimum absolute atomic E-state index is 0.0180. The van der Waals surface area contributed by atoms with Crippen molar-refractivity contribution in [1.29, 1.82) is 0 Å². The minimum Gasteiger partial charge on any atom is -0.381 e. The molecule has 3 aromatic rings. The molecule has 3 fully saturated rings. The first kappa shape index (κ1) is 26.6. The van der Waals surface area contributed by atoms with Gasteiger partial charge in [-0.1, -0.05) is 0 Å². The summed E-state index contributed by atoms with van der Waals surface area (Å²) in [6, 6.07) is 4.13. The van der Waals surface area contributed by atoms with Gasteiger partial charge >= 0.3 is 0 Å². The number of aromatic nitrogens is 2. The third kappa shape index (κ3) is 5.40. The maximum Gasteiger partial charge on any atom is 0.225 e. The molecule has 0 bridgehead atoms. The van der Waals surface area contributed by atoms with Crippen molar-refractivity contribution in [2.45, 2.75) is 19.8 Å². The Bertz CT molecular complexity index is 1390. The third-order valence-corrected chi connectivity index (χ3v) is 8.05. The molecule has 0 spiro atoms. The van der Waals surface area contributed by atoms with Crippen LogP contribution in [0.15, 0.2) is 30.6 Å². The van der Waals surface area contributed by atoms with E-state index in [1.165, 1.54) is 6.07 Å². The normalized spacial score (nSPS) is 18.8. The van der Waals surface area contributed by atoms with Gasteiger partial charge in [0.15, 0.2) is 0 Å². The van der Waals surface area contributed by atoms with Gasteiger partial charge in [0, 0.05) is 76.1 Å². The summed E-state index contributed by atoms with van der Waals surface area (Å²) in [5.74, 6) is -0.505. The quantitative estimate of drug-likeness (QED) is 0.511. The van der Waals surface area contributed by atoms with Crippen molar-refractivity contribution in [3.05, 3.63) is 47.8 Å². The van der Waals surface area contributed by atoms with Crippen molar-refractivity contribution in [1.82, 2.24) is 14.9 Å². The fourth-order valence-corrected chi connectivity index (χ4v) is 5.83. The number of benzene rings is 1. The fraction of sp³-hybridized carbons (Fsp3) is 0.483. The molecule has 5 heterocycles. The molecular weight excluding hydrogens is 518 g/mol. The van der Waals surface area contributed by atoms with Gasteiger partial charge < -0.3 is 29.5 Å². The van der Waals surface area contributed by atoms with Crippen LogP contribution in [0.1, 0.15) is 18.4 Å². The topological polar surface area (TPSA) is 83.1 Å². The minimum atomic E-state index is -0.680. The highest BCUT2D eigenvalue weighted by Crippen LogP contribution is 2.37. The molecule has 1 N–H and O–H groups in total. The monoisotopic (exact) mass is 552 g/mol. The van der Waals surface area contributed by atoms with Crippen molar-refractivity contribution in [2.75, 3.05) is 80.8 Å². The summed E-state index contributed by atoms with van der Waals surface area (Å²) in [6.07, 6.45) is 5.02. The Morgan fingerprint density at radius 2 is 1.65 bits per heavy atom. The lowest BCUT2D eigenvalue weighted by molar-refractivity contribution is -0.138. The Morgan fingerprint density at radius 3 is 2.40 bits per heavy atom. The van der Waals surface area contributed by atoms with Crippen LogP contribution >= 0.6 is 0 Å². The van der Waals surface area contributed by atoms with Gasteiger partial charge in [0.1, 0.15) is 17.5 Å². The van der Waals surface area contributed by atoms with Crippen LogP contribution in [0.25, 0.3) is 10.9 Å². The molecule has 40 heavy (non-hydrogen) atoms. The van der Waals surface area contributed by atoms with Gasteiger partial charge in [0.05, 0.1) is 53.6 Å². The van der Waals surface area contributed by atoms with Gasteiger partial charge in [0.25, 0.3) is 0 Å². The molecule has 2 aromatic heterocycles. The predicted octanol–water partition coefficient (Wildman–Crippen LogP) is 3.87.